The van der Waals surface area contributed by atoms with Crippen LogP contribution in [0.3, 0.4) is 0 Å². The second-order valence-corrected chi connectivity index (χ2v) is 7.03. The lowest BCUT2D eigenvalue weighted by atomic mass is 10.1. The molecule has 0 unspecified atom stereocenters. The lowest BCUT2D eigenvalue weighted by molar-refractivity contribution is 0.0775. The van der Waals surface area contributed by atoms with Crippen LogP contribution in [-0.2, 0) is 11.3 Å². The Morgan fingerprint density at radius 2 is 1.97 bits per heavy atom. The van der Waals surface area contributed by atoms with Gasteiger partial charge >= 0.3 is 0 Å². The van der Waals surface area contributed by atoms with Crippen LogP contribution in [0.5, 0.6) is 11.5 Å². The first-order chi connectivity index (χ1) is 14.7. The molecule has 0 aliphatic carbocycles. The van der Waals surface area contributed by atoms with Crippen molar-refractivity contribution >= 4 is 17.4 Å². The number of imidazole rings is 1. The Balaban J connectivity index is 1.48. The summed E-state index contributed by atoms with van der Waals surface area (Å²) >= 11 is 0. The Morgan fingerprint density at radius 1 is 1.17 bits per heavy atom. The van der Waals surface area contributed by atoms with Gasteiger partial charge in [0.15, 0.2) is 23.0 Å². The summed E-state index contributed by atoms with van der Waals surface area (Å²) in [5, 5.41) is 10.9. The summed E-state index contributed by atoms with van der Waals surface area (Å²) in [5.74, 6) is 1.20. The van der Waals surface area contributed by atoms with Gasteiger partial charge in [0.25, 0.3) is 5.91 Å². The van der Waals surface area contributed by atoms with Gasteiger partial charge in [0.05, 0.1) is 26.1 Å². The minimum atomic E-state index is -0.287. The molecule has 1 amide bonds. The highest BCUT2D eigenvalue weighted by atomic mass is 16.5. The molecule has 0 bridgehead atoms. The van der Waals surface area contributed by atoms with Gasteiger partial charge in [0.1, 0.15) is 0 Å². The van der Waals surface area contributed by atoms with E-state index in [1.54, 1.807) is 42.1 Å². The maximum Gasteiger partial charge on any atom is 0.257 e. The molecule has 4 rings (SSSR count). The van der Waals surface area contributed by atoms with Gasteiger partial charge in [0.2, 0.25) is 0 Å². The number of amides is 1. The fraction of sp³-hybridized carbons (Fsp3) is 0.381. The molecule has 0 radical (unpaired) electrons. The molecule has 0 spiro atoms. The van der Waals surface area contributed by atoms with Crippen LogP contribution in [-0.4, -0.2) is 54.0 Å². The van der Waals surface area contributed by atoms with Crippen molar-refractivity contribution in [1.82, 2.24) is 19.9 Å². The number of benzene rings is 1. The van der Waals surface area contributed by atoms with Crippen LogP contribution in [0.4, 0.5) is 5.82 Å². The molecule has 9 nitrogen and oxygen atoms in total. The highest BCUT2D eigenvalue weighted by Crippen LogP contribution is 2.27. The molecule has 1 fully saturated rings. The largest absolute Gasteiger partial charge is 0.493 e. The lowest BCUT2D eigenvalue weighted by Crippen LogP contribution is -2.34. The molecular weight excluding hydrogens is 386 g/mol. The molecule has 2 aromatic heterocycles. The van der Waals surface area contributed by atoms with E-state index >= 15 is 0 Å². The van der Waals surface area contributed by atoms with E-state index in [2.05, 4.69) is 20.7 Å². The molecule has 9 heteroatoms. The molecule has 1 aliphatic rings. The van der Waals surface area contributed by atoms with Gasteiger partial charge in [-0.15, -0.1) is 5.10 Å². The first-order valence-electron chi connectivity index (χ1n) is 9.86. The summed E-state index contributed by atoms with van der Waals surface area (Å²) in [4.78, 5) is 17.1. The van der Waals surface area contributed by atoms with E-state index in [0.717, 1.165) is 37.4 Å². The second kappa shape index (κ2) is 9.10. The van der Waals surface area contributed by atoms with E-state index in [4.69, 9.17) is 14.2 Å². The molecule has 1 aliphatic heterocycles. The number of rotatable bonds is 7. The number of ether oxygens (including phenoxy) is 3. The van der Waals surface area contributed by atoms with Crippen LogP contribution < -0.4 is 20.1 Å². The van der Waals surface area contributed by atoms with Gasteiger partial charge in [-0.1, -0.05) is 0 Å². The number of hydrogen-bond donors (Lipinski definition) is 2. The topological polar surface area (TPSA) is 99.0 Å². The third kappa shape index (κ3) is 4.37. The normalized spacial score (nSPS) is 14.6. The molecular formula is C21H25N5O4. The van der Waals surface area contributed by atoms with Crippen LogP contribution in [0.1, 0.15) is 28.9 Å². The van der Waals surface area contributed by atoms with Gasteiger partial charge in [-0.05, 0) is 43.2 Å². The molecule has 0 saturated carbocycles. The highest BCUT2D eigenvalue weighted by Gasteiger charge is 2.15. The number of methoxy groups -OCH3 is 2. The van der Waals surface area contributed by atoms with Crippen LogP contribution in [0.2, 0.25) is 0 Å². The average Bonchev–Trinajstić information content (AvgIpc) is 3.20. The number of anilines is 1. The molecule has 0 atom stereocenters. The van der Waals surface area contributed by atoms with Crippen molar-refractivity contribution in [3.8, 4) is 11.5 Å². The van der Waals surface area contributed by atoms with Crippen LogP contribution in [0, 0.1) is 0 Å². The summed E-state index contributed by atoms with van der Waals surface area (Å²) in [7, 11) is 3.08. The minimum Gasteiger partial charge on any atom is -0.493 e. The van der Waals surface area contributed by atoms with Crippen molar-refractivity contribution in [3.63, 3.8) is 0 Å². The fourth-order valence-corrected chi connectivity index (χ4v) is 3.42. The van der Waals surface area contributed by atoms with Crippen molar-refractivity contribution in [2.45, 2.75) is 25.4 Å². The Kier molecular flexibility index (Phi) is 6.10. The van der Waals surface area contributed by atoms with E-state index in [1.807, 2.05) is 6.07 Å². The molecule has 30 heavy (non-hydrogen) atoms. The Hall–Kier alpha value is -3.17. The molecule has 3 aromatic rings. The number of fused-ring (bicyclic) bond motifs is 1. The maximum absolute atomic E-state index is 12.7. The third-order valence-corrected chi connectivity index (χ3v) is 5.11. The van der Waals surface area contributed by atoms with Crippen molar-refractivity contribution in [1.29, 1.82) is 0 Å². The first kappa shape index (κ1) is 20.1. The van der Waals surface area contributed by atoms with Crippen LogP contribution in [0.25, 0.3) is 5.65 Å². The van der Waals surface area contributed by atoms with E-state index < -0.39 is 0 Å². The van der Waals surface area contributed by atoms with Gasteiger partial charge in [-0.25, -0.2) is 9.50 Å². The maximum atomic E-state index is 12.7. The Labute approximate surface area is 174 Å². The molecule has 1 saturated heterocycles. The van der Waals surface area contributed by atoms with Crippen molar-refractivity contribution in [3.05, 3.63) is 47.8 Å². The van der Waals surface area contributed by atoms with Crippen molar-refractivity contribution in [2.75, 3.05) is 32.8 Å². The highest BCUT2D eigenvalue weighted by molar-refractivity contribution is 6.04. The van der Waals surface area contributed by atoms with E-state index in [9.17, 15) is 4.79 Å². The summed E-state index contributed by atoms with van der Waals surface area (Å²) in [6.45, 7) is 2.22. The van der Waals surface area contributed by atoms with Crippen molar-refractivity contribution < 1.29 is 19.0 Å². The first-order valence-corrected chi connectivity index (χ1v) is 9.86. The zero-order chi connectivity index (χ0) is 20.9. The predicted molar refractivity (Wildman–Crippen MR) is 111 cm³/mol. The minimum absolute atomic E-state index is 0.287. The standard InChI is InChI=1S/C21H25N5O4/c1-28-17-4-3-14(11-18(17)29-2)21(27)24-19-5-6-20-23-13-16(26(20)25-19)12-22-15-7-9-30-10-8-15/h3-6,11,13,15,22H,7-10,12H2,1-2H3,(H,24,25,27). The summed E-state index contributed by atoms with van der Waals surface area (Å²) < 4.78 is 17.6. The number of carbonyl (C=O) groups is 1. The van der Waals surface area contributed by atoms with Gasteiger partial charge < -0.3 is 24.8 Å². The van der Waals surface area contributed by atoms with E-state index in [-0.39, 0.29) is 5.91 Å². The van der Waals surface area contributed by atoms with Gasteiger partial charge in [0, 0.05) is 31.4 Å². The summed E-state index contributed by atoms with van der Waals surface area (Å²) in [6.07, 6.45) is 3.79. The number of aromatic nitrogens is 3. The number of nitrogens with one attached hydrogen (secondary N) is 2. The predicted octanol–water partition coefficient (Wildman–Crippen LogP) is 2.27. The monoisotopic (exact) mass is 411 g/mol. The number of nitrogens with zero attached hydrogens (tertiary/aromatic N) is 3. The molecule has 1 aromatic carbocycles. The van der Waals surface area contributed by atoms with Gasteiger partial charge in [-0.2, -0.15) is 0 Å². The average molecular weight is 411 g/mol. The summed E-state index contributed by atoms with van der Waals surface area (Å²) in [6, 6.07) is 8.99. The molecule has 158 valence electrons. The number of hydrogen-bond acceptors (Lipinski definition) is 7. The Bertz CT molecular complexity index is 1030. The quantitative estimate of drug-likeness (QED) is 0.615. The van der Waals surface area contributed by atoms with Crippen molar-refractivity contribution in [2.24, 2.45) is 0 Å². The summed E-state index contributed by atoms with van der Waals surface area (Å²) in [5.41, 5.74) is 2.10. The zero-order valence-corrected chi connectivity index (χ0v) is 17.1. The van der Waals surface area contributed by atoms with Gasteiger partial charge in [-0.3, -0.25) is 4.79 Å². The van der Waals surface area contributed by atoms with E-state index in [1.165, 1.54) is 7.11 Å². The molecule has 2 N–H and O–H groups in total. The van der Waals surface area contributed by atoms with Crippen LogP contribution in [0.15, 0.2) is 36.5 Å². The van der Waals surface area contributed by atoms with Crippen LogP contribution >= 0.6 is 0 Å². The third-order valence-electron chi connectivity index (χ3n) is 5.11. The van der Waals surface area contributed by atoms with E-state index in [0.29, 0.717) is 35.5 Å². The zero-order valence-electron chi connectivity index (χ0n) is 17.1. The Morgan fingerprint density at radius 3 is 2.73 bits per heavy atom. The lowest BCUT2D eigenvalue weighted by Gasteiger charge is -2.22. The SMILES string of the molecule is COc1ccc(C(=O)Nc2ccc3ncc(CNC4CCOCC4)n3n2)cc1OC. The molecule has 3 heterocycles. The fourth-order valence-electron chi connectivity index (χ4n) is 3.42. The smallest absolute Gasteiger partial charge is 0.257 e. The second-order valence-electron chi connectivity index (χ2n) is 7.03. The number of carbonyl (C=O) groups excluding carboxylic acids is 1.